The van der Waals surface area contributed by atoms with E-state index in [9.17, 15) is 0 Å². The van der Waals surface area contributed by atoms with Crippen LogP contribution in [-0.2, 0) is 13.1 Å². The first-order valence-electron chi connectivity index (χ1n) is 9.99. The molecular formula is C25H29Cl2FeN2O+. The van der Waals surface area contributed by atoms with Crippen molar-refractivity contribution in [1.82, 2.24) is 0 Å². The third kappa shape index (κ3) is 7.08. The molecule has 166 valence electrons. The van der Waals surface area contributed by atoms with Gasteiger partial charge in [0.1, 0.15) is 11.4 Å². The monoisotopic (exact) mass is 499 g/mol. The summed E-state index contributed by atoms with van der Waals surface area (Å²) in [6.45, 7) is 12.4. The summed E-state index contributed by atoms with van der Waals surface area (Å²) in [5.41, 5.74) is 8.66. The fourth-order valence-electron chi connectivity index (χ4n) is 3.37. The van der Waals surface area contributed by atoms with Gasteiger partial charge in [-0.15, -0.1) is 0 Å². The summed E-state index contributed by atoms with van der Waals surface area (Å²) in [5.74, 6) is 1.85. The van der Waals surface area contributed by atoms with E-state index in [-0.39, 0.29) is 13.1 Å². The Morgan fingerprint density at radius 3 is 1.39 bits per heavy atom. The topological polar surface area (TPSA) is 37.5 Å². The van der Waals surface area contributed by atoms with E-state index in [4.69, 9.17) is 34.9 Å². The zero-order chi connectivity index (χ0) is 23.0. The zero-order valence-corrected chi connectivity index (χ0v) is 21.4. The molecule has 2 aromatic carbocycles. The van der Waals surface area contributed by atoms with E-state index in [1.807, 2.05) is 13.8 Å². The summed E-state index contributed by atoms with van der Waals surface area (Å²) < 4.78 is 4.85. The van der Waals surface area contributed by atoms with Crippen molar-refractivity contribution >= 4 is 43.0 Å². The van der Waals surface area contributed by atoms with Gasteiger partial charge in [0.25, 0.3) is 11.5 Å². The van der Waals surface area contributed by atoms with Crippen LogP contribution in [0.2, 0.25) is 0 Å². The Kier molecular flexibility index (Phi) is 10.1. The van der Waals surface area contributed by atoms with Crippen LogP contribution in [0.1, 0.15) is 42.5 Å². The van der Waals surface area contributed by atoms with E-state index in [1.165, 1.54) is 22.3 Å². The van der Waals surface area contributed by atoms with Crippen LogP contribution in [0.15, 0.2) is 70.1 Å². The molecule has 0 bridgehead atoms. The standard InChI is InChI=1S/C25H28N2O.2ClH.Fe/c1-16-10-7-11-17(2)24(16)26-20(5)22-14-9-15-23(28-22)21(6)27-25-18(3)12-8-13-19(25)4;;;/h7-8,10-15H,9H2,1-6H3;2*1H;/q;;;+2/p-1. The summed E-state index contributed by atoms with van der Waals surface area (Å²) in [6, 6.07) is 12.5. The van der Waals surface area contributed by atoms with Gasteiger partial charge >= 0.3 is 33.3 Å². The molecule has 6 heteroatoms. The predicted molar refractivity (Wildman–Crippen MR) is 132 cm³/mol. The van der Waals surface area contributed by atoms with Gasteiger partial charge in [0.15, 0.2) is 0 Å². The molecule has 0 aromatic heterocycles. The van der Waals surface area contributed by atoms with Crippen LogP contribution >= 0.6 is 20.2 Å². The van der Waals surface area contributed by atoms with Gasteiger partial charge in [0, 0.05) is 18.6 Å². The first-order valence-corrected chi connectivity index (χ1v) is 13.0. The van der Waals surface area contributed by atoms with E-state index in [1.54, 1.807) is 0 Å². The Bertz CT molecular complexity index is 933. The number of ether oxygens (including phenoxy) is 1. The number of aliphatic hydroxyl groups is 2. The second kappa shape index (κ2) is 12.3. The second-order valence-corrected chi connectivity index (χ2v) is 9.28. The Morgan fingerprint density at radius 1 is 0.742 bits per heavy atom. The molecule has 0 unspecified atom stereocenters. The average Bonchev–Trinajstić information content (AvgIpc) is 2.74. The molecule has 0 amide bonds. The SMILES string of the molecule is CC(=Nc1c(C)cccc1C)C1=CCC=C(C(C)=Nc2c(C)cccc2C)[OH+]1.[Cl][Fe][Cl]. The fourth-order valence-corrected chi connectivity index (χ4v) is 3.37. The number of allylic oxidation sites excluding steroid dienone is 4. The van der Waals surface area contributed by atoms with Crippen molar-refractivity contribution in [3.63, 3.8) is 0 Å². The minimum atomic E-state index is 0.194. The zero-order valence-electron chi connectivity index (χ0n) is 18.8. The molecule has 0 saturated carbocycles. The maximum absolute atomic E-state index is 4.88. The van der Waals surface area contributed by atoms with Crippen LogP contribution in [0.4, 0.5) is 11.4 Å². The van der Waals surface area contributed by atoms with Gasteiger partial charge in [-0.2, -0.15) is 0 Å². The number of aliphatic imine (C=N–C) groups is 2. The molecule has 3 rings (SSSR count). The van der Waals surface area contributed by atoms with E-state index >= 15 is 0 Å². The van der Waals surface area contributed by atoms with Crippen molar-refractivity contribution in [2.75, 3.05) is 0 Å². The van der Waals surface area contributed by atoms with Gasteiger partial charge in [-0.3, -0.25) is 0 Å². The van der Waals surface area contributed by atoms with Crippen LogP contribution in [0.25, 0.3) is 0 Å². The van der Waals surface area contributed by atoms with E-state index in [2.05, 4.69) is 76.2 Å². The molecule has 31 heavy (non-hydrogen) atoms. The maximum atomic E-state index is 4.88. The van der Waals surface area contributed by atoms with Crippen molar-refractivity contribution in [3.05, 3.63) is 82.3 Å². The first-order chi connectivity index (χ1) is 14.8. The number of benzene rings is 2. The predicted octanol–water partition coefficient (Wildman–Crippen LogP) is 8.45. The minimum absolute atomic E-state index is 0.194. The molecule has 0 spiro atoms. The van der Waals surface area contributed by atoms with Crippen LogP contribution in [-0.4, -0.2) is 16.2 Å². The first kappa shape index (κ1) is 25.4. The average molecular weight is 500 g/mol. The summed E-state index contributed by atoms with van der Waals surface area (Å²) in [6.07, 6.45) is 5.10. The molecule has 0 radical (unpaired) electrons. The summed E-state index contributed by atoms with van der Waals surface area (Å²) in [4.78, 5) is 9.75. The normalized spacial score (nSPS) is 14.3. The molecule has 2 aromatic rings. The Morgan fingerprint density at radius 2 is 1.06 bits per heavy atom. The van der Waals surface area contributed by atoms with Gasteiger partial charge in [-0.1, -0.05) is 36.4 Å². The van der Waals surface area contributed by atoms with E-state index in [0.29, 0.717) is 0 Å². The summed E-state index contributed by atoms with van der Waals surface area (Å²) >= 11 is 0.194. The molecule has 0 fully saturated rings. The van der Waals surface area contributed by atoms with Gasteiger partial charge < -0.3 is 4.74 Å². The van der Waals surface area contributed by atoms with Crippen molar-refractivity contribution in [2.45, 2.75) is 48.0 Å². The Labute approximate surface area is 200 Å². The number of aryl methyl sites for hydroxylation is 4. The van der Waals surface area contributed by atoms with Crippen molar-refractivity contribution in [1.29, 1.82) is 0 Å². The summed E-state index contributed by atoms with van der Waals surface area (Å²) in [7, 11) is 9.53. The van der Waals surface area contributed by atoms with E-state index in [0.717, 1.165) is 40.7 Å². The Balaban J connectivity index is 0.00000107. The molecule has 1 heterocycles. The molecular weight excluding hydrogens is 471 g/mol. The summed E-state index contributed by atoms with van der Waals surface area (Å²) in [5, 5.41) is 0. The van der Waals surface area contributed by atoms with E-state index < -0.39 is 0 Å². The van der Waals surface area contributed by atoms with Gasteiger partial charge in [-0.25, -0.2) is 9.98 Å². The molecule has 1 aliphatic heterocycles. The quantitative estimate of drug-likeness (QED) is 0.230. The van der Waals surface area contributed by atoms with Gasteiger partial charge in [0.2, 0.25) is 0 Å². The van der Waals surface area contributed by atoms with Gasteiger partial charge in [0.05, 0.1) is 11.4 Å². The number of hydrogen-bond donors (Lipinski definition) is 0. The van der Waals surface area contributed by atoms with Gasteiger partial charge in [-0.05, 0) is 63.8 Å². The Hall–Kier alpha value is -1.84. The van der Waals surface area contributed by atoms with Crippen molar-refractivity contribution in [2.24, 2.45) is 9.98 Å². The number of para-hydroxylation sites is 2. The number of nitrogens with zero attached hydrogens (tertiary/aromatic N) is 2. The molecule has 0 aliphatic carbocycles. The van der Waals surface area contributed by atoms with Crippen molar-refractivity contribution < 1.29 is 17.9 Å². The number of halogens is 2. The number of hydrogen-bond acceptors (Lipinski definition) is 2. The van der Waals surface area contributed by atoms with Crippen LogP contribution < -0.4 is 0 Å². The molecule has 0 saturated heterocycles. The second-order valence-electron chi connectivity index (χ2n) is 7.45. The molecule has 3 nitrogen and oxygen atoms in total. The third-order valence-electron chi connectivity index (χ3n) is 5.04. The third-order valence-corrected chi connectivity index (χ3v) is 5.04. The fraction of sp³-hybridized carbons (Fsp3) is 0.280. The molecule has 1 aliphatic rings. The van der Waals surface area contributed by atoms with Crippen LogP contribution in [0, 0.1) is 27.7 Å². The number of rotatable bonds is 4. The van der Waals surface area contributed by atoms with Crippen LogP contribution in [0.3, 0.4) is 0 Å². The molecule has 0 atom stereocenters. The van der Waals surface area contributed by atoms with Crippen molar-refractivity contribution in [3.8, 4) is 0 Å². The van der Waals surface area contributed by atoms with Crippen LogP contribution in [0.5, 0.6) is 0 Å². The molecule has 1 N–H and O–H groups in total.